The SMILES string of the molecule is CC(N)c1cccc(F)c1N1CCC(C(C)O)CC1. The first kappa shape index (κ1) is 14.3. The first-order chi connectivity index (χ1) is 9.00. The van der Waals surface area contributed by atoms with Crippen LogP contribution in [0, 0.1) is 11.7 Å². The molecule has 0 radical (unpaired) electrons. The van der Waals surface area contributed by atoms with E-state index in [-0.39, 0.29) is 18.0 Å². The second-order valence-electron chi connectivity index (χ2n) is 5.53. The van der Waals surface area contributed by atoms with Gasteiger partial charge in [0.05, 0.1) is 11.8 Å². The van der Waals surface area contributed by atoms with E-state index in [0.29, 0.717) is 11.6 Å². The molecule has 3 N–H and O–H groups in total. The minimum absolute atomic E-state index is 0.180. The Morgan fingerprint density at radius 2 is 1.95 bits per heavy atom. The van der Waals surface area contributed by atoms with Gasteiger partial charge in [0.25, 0.3) is 0 Å². The Morgan fingerprint density at radius 3 is 2.47 bits per heavy atom. The Balaban J connectivity index is 2.19. The predicted octanol–water partition coefficient (Wildman–Crippen LogP) is 2.44. The average molecular weight is 266 g/mol. The van der Waals surface area contributed by atoms with Crippen LogP contribution in [0.5, 0.6) is 0 Å². The van der Waals surface area contributed by atoms with E-state index in [4.69, 9.17) is 5.73 Å². The largest absolute Gasteiger partial charge is 0.393 e. The van der Waals surface area contributed by atoms with Crippen LogP contribution < -0.4 is 10.6 Å². The quantitative estimate of drug-likeness (QED) is 0.883. The van der Waals surface area contributed by atoms with E-state index in [1.165, 1.54) is 6.07 Å². The summed E-state index contributed by atoms with van der Waals surface area (Å²) < 4.78 is 14.1. The number of anilines is 1. The van der Waals surface area contributed by atoms with Gasteiger partial charge in [-0.1, -0.05) is 12.1 Å². The van der Waals surface area contributed by atoms with Gasteiger partial charge in [-0.25, -0.2) is 4.39 Å². The summed E-state index contributed by atoms with van der Waals surface area (Å²) in [5, 5.41) is 9.62. The van der Waals surface area contributed by atoms with Gasteiger partial charge in [0.1, 0.15) is 5.82 Å². The molecule has 2 atom stereocenters. The summed E-state index contributed by atoms with van der Waals surface area (Å²) >= 11 is 0. The number of rotatable bonds is 3. The maximum absolute atomic E-state index is 14.1. The van der Waals surface area contributed by atoms with Crippen molar-refractivity contribution < 1.29 is 9.50 Å². The van der Waals surface area contributed by atoms with Crippen LogP contribution in [-0.4, -0.2) is 24.3 Å². The number of nitrogens with zero attached hydrogens (tertiary/aromatic N) is 1. The molecule has 0 aliphatic carbocycles. The molecule has 0 amide bonds. The van der Waals surface area contributed by atoms with E-state index in [2.05, 4.69) is 4.90 Å². The van der Waals surface area contributed by atoms with Gasteiger partial charge in [0.15, 0.2) is 0 Å². The zero-order valence-electron chi connectivity index (χ0n) is 11.6. The zero-order valence-corrected chi connectivity index (χ0v) is 11.6. The van der Waals surface area contributed by atoms with Crippen molar-refractivity contribution in [2.24, 2.45) is 11.7 Å². The summed E-state index contributed by atoms with van der Waals surface area (Å²) in [5.41, 5.74) is 7.43. The number of hydrogen-bond acceptors (Lipinski definition) is 3. The lowest BCUT2D eigenvalue weighted by Gasteiger charge is -2.36. The second kappa shape index (κ2) is 5.88. The van der Waals surface area contributed by atoms with Crippen LogP contribution in [0.15, 0.2) is 18.2 Å². The third-order valence-electron chi connectivity index (χ3n) is 4.05. The molecule has 1 saturated heterocycles. The molecule has 1 fully saturated rings. The van der Waals surface area contributed by atoms with Crippen molar-refractivity contribution >= 4 is 5.69 Å². The Kier molecular flexibility index (Phi) is 4.42. The number of aliphatic hydroxyl groups excluding tert-OH is 1. The fraction of sp³-hybridized carbons (Fsp3) is 0.600. The van der Waals surface area contributed by atoms with Gasteiger partial charge in [-0.05, 0) is 44.2 Å². The molecule has 1 aliphatic rings. The van der Waals surface area contributed by atoms with Crippen molar-refractivity contribution in [3.05, 3.63) is 29.6 Å². The van der Waals surface area contributed by atoms with Crippen molar-refractivity contribution in [3.63, 3.8) is 0 Å². The molecule has 2 rings (SSSR count). The minimum atomic E-state index is -0.282. The molecule has 1 heterocycles. The van der Waals surface area contributed by atoms with Crippen molar-refractivity contribution in [2.45, 2.75) is 38.8 Å². The molecule has 0 saturated carbocycles. The van der Waals surface area contributed by atoms with E-state index in [1.807, 2.05) is 19.9 Å². The molecule has 0 bridgehead atoms. The molecule has 1 aromatic rings. The van der Waals surface area contributed by atoms with E-state index >= 15 is 0 Å². The van der Waals surface area contributed by atoms with E-state index in [9.17, 15) is 9.50 Å². The monoisotopic (exact) mass is 266 g/mol. The molecule has 3 nitrogen and oxygen atoms in total. The van der Waals surface area contributed by atoms with Gasteiger partial charge >= 0.3 is 0 Å². The second-order valence-corrected chi connectivity index (χ2v) is 5.53. The van der Waals surface area contributed by atoms with Crippen molar-refractivity contribution in [2.75, 3.05) is 18.0 Å². The van der Waals surface area contributed by atoms with Crippen LogP contribution in [0.25, 0.3) is 0 Å². The zero-order chi connectivity index (χ0) is 14.0. The van der Waals surface area contributed by atoms with Gasteiger partial charge in [0, 0.05) is 19.1 Å². The molecule has 1 aromatic carbocycles. The van der Waals surface area contributed by atoms with Crippen LogP contribution >= 0.6 is 0 Å². The molecule has 4 heteroatoms. The summed E-state index contributed by atoms with van der Waals surface area (Å²) in [4.78, 5) is 2.06. The van der Waals surface area contributed by atoms with Gasteiger partial charge in [-0.3, -0.25) is 0 Å². The summed E-state index contributed by atoms with van der Waals surface area (Å²) in [6.45, 7) is 5.25. The molecule has 2 unspecified atom stereocenters. The number of nitrogens with two attached hydrogens (primary N) is 1. The molecule has 1 aliphatic heterocycles. The van der Waals surface area contributed by atoms with Crippen LogP contribution in [0.1, 0.15) is 38.3 Å². The lowest BCUT2D eigenvalue weighted by atomic mass is 9.91. The maximum atomic E-state index is 14.1. The Bertz CT molecular complexity index is 426. The number of halogens is 1. The van der Waals surface area contributed by atoms with E-state index < -0.39 is 0 Å². The highest BCUT2D eigenvalue weighted by Gasteiger charge is 2.26. The third-order valence-corrected chi connectivity index (χ3v) is 4.05. The van der Waals surface area contributed by atoms with Crippen molar-refractivity contribution in [1.82, 2.24) is 0 Å². The summed E-state index contributed by atoms with van der Waals surface area (Å²) in [7, 11) is 0. The predicted molar refractivity (Wildman–Crippen MR) is 75.6 cm³/mol. The molecule has 0 spiro atoms. The summed E-state index contributed by atoms with van der Waals surface area (Å²) in [6, 6.07) is 4.91. The number of hydrogen-bond donors (Lipinski definition) is 2. The first-order valence-electron chi connectivity index (χ1n) is 6.97. The normalized spacial score (nSPS) is 20.4. The average Bonchev–Trinajstić information content (AvgIpc) is 2.38. The minimum Gasteiger partial charge on any atom is -0.393 e. The van der Waals surface area contributed by atoms with Gasteiger partial charge < -0.3 is 15.7 Å². The Morgan fingerprint density at radius 1 is 1.32 bits per heavy atom. The molecule has 106 valence electrons. The smallest absolute Gasteiger partial charge is 0.146 e. The number of para-hydroxylation sites is 1. The standard InChI is InChI=1S/C15H23FN2O/c1-10(17)13-4-3-5-14(16)15(13)18-8-6-12(7-9-18)11(2)19/h3-5,10-12,19H,6-9,17H2,1-2H3. The number of piperidine rings is 1. The van der Waals surface area contributed by atoms with Crippen molar-refractivity contribution in [1.29, 1.82) is 0 Å². The van der Waals surface area contributed by atoms with Crippen LogP contribution in [0.4, 0.5) is 10.1 Å². The van der Waals surface area contributed by atoms with Gasteiger partial charge in [-0.2, -0.15) is 0 Å². The molecule has 19 heavy (non-hydrogen) atoms. The highest BCUT2D eigenvalue weighted by atomic mass is 19.1. The molecule has 0 aromatic heterocycles. The topological polar surface area (TPSA) is 49.5 Å². The van der Waals surface area contributed by atoms with E-state index in [1.54, 1.807) is 6.07 Å². The lowest BCUT2D eigenvalue weighted by molar-refractivity contribution is 0.110. The van der Waals surface area contributed by atoms with Crippen molar-refractivity contribution in [3.8, 4) is 0 Å². The van der Waals surface area contributed by atoms with Gasteiger partial charge in [-0.15, -0.1) is 0 Å². The van der Waals surface area contributed by atoms with E-state index in [0.717, 1.165) is 31.5 Å². The lowest BCUT2D eigenvalue weighted by Crippen LogP contribution is -2.38. The molecular weight excluding hydrogens is 243 g/mol. The first-order valence-corrected chi connectivity index (χ1v) is 6.97. The maximum Gasteiger partial charge on any atom is 0.146 e. The fourth-order valence-electron chi connectivity index (χ4n) is 2.84. The highest BCUT2D eigenvalue weighted by Crippen LogP contribution is 2.32. The summed E-state index contributed by atoms with van der Waals surface area (Å²) in [5.74, 6) is 0.118. The molecular formula is C15H23FN2O. The van der Waals surface area contributed by atoms with Gasteiger partial charge in [0.2, 0.25) is 0 Å². The van der Waals surface area contributed by atoms with Crippen LogP contribution in [0.3, 0.4) is 0 Å². The fourth-order valence-corrected chi connectivity index (χ4v) is 2.84. The number of aliphatic hydroxyl groups is 1. The summed E-state index contributed by atoms with van der Waals surface area (Å²) in [6.07, 6.45) is 1.50. The Labute approximate surface area is 114 Å². The third kappa shape index (κ3) is 3.07. The highest BCUT2D eigenvalue weighted by molar-refractivity contribution is 5.56. The van der Waals surface area contributed by atoms with Crippen LogP contribution in [0.2, 0.25) is 0 Å². The van der Waals surface area contributed by atoms with Crippen LogP contribution in [-0.2, 0) is 0 Å². The Hall–Kier alpha value is -1.13. The number of benzene rings is 1.